The number of hydrogen-bond donors (Lipinski definition) is 3. The van der Waals surface area contributed by atoms with E-state index in [-0.39, 0.29) is 18.6 Å². The van der Waals surface area contributed by atoms with Gasteiger partial charge in [-0.15, -0.1) is 0 Å². The molecule has 1 aromatic rings. The van der Waals surface area contributed by atoms with Crippen molar-refractivity contribution >= 4 is 17.3 Å². The van der Waals surface area contributed by atoms with Crippen LogP contribution in [0.25, 0.3) is 0 Å². The van der Waals surface area contributed by atoms with Crippen molar-refractivity contribution in [2.75, 3.05) is 37.5 Å². The van der Waals surface area contributed by atoms with E-state index in [9.17, 15) is 4.79 Å². The summed E-state index contributed by atoms with van der Waals surface area (Å²) in [6, 6.07) is 5.57. The number of nitrogens with one attached hydrogen (secondary N) is 2. The van der Waals surface area contributed by atoms with Gasteiger partial charge in [-0.3, -0.25) is 4.79 Å². The highest BCUT2D eigenvalue weighted by atomic mass is 16.3. The fourth-order valence-electron chi connectivity index (χ4n) is 2.05. The van der Waals surface area contributed by atoms with E-state index < -0.39 is 0 Å². The molecule has 0 radical (unpaired) electrons. The topological polar surface area (TPSA) is 64.6 Å². The maximum Gasteiger partial charge on any atom is 0.246 e. The minimum atomic E-state index is -0.262. The number of carbonyl (C=O) groups excluding carboxylic acids is 1. The Balaban J connectivity index is 2.28. The van der Waals surface area contributed by atoms with Crippen molar-refractivity contribution in [3.8, 4) is 0 Å². The van der Waals surface area contributed by atoms with Gasteiger partial charge in [-0.05, 0) is 19.2 Å². The van der Waals surface area contributed by atoms with Crippen molar-refractivity contribution in [3.63, 3.8) is 0 Å². The number of aliphatic hydroxyl groups excluding tert-OH is 1. The second kappa shape index (κ2) is 4.73. The molecule has 3 N–H and O–H groups in total. The highest BCUT2D eigenvalue weighted by Gasteiger charge is 2.29. The smallest absolute Gasteiger partial charge is 0.246 e. The van der Waals surface area contributed by atoms with E-state index >= 15 is 0 Å². The number of amides is 1. The van der Waals surface area contributed by atoms with Gasteiger partial charge in [0.2, 0.25) is 5.91 Å². The summed E-state index contributed by atoms with van der Waals surface area (Å²) in [5.74, 6) is -0.0236. The molecule has 5 nitrogen and oxygen atoms in total. The molecule has 1 unspecified atom stereocenters. The molecule has 0 bridgehead atoms. The van der Waals surface area contributed by atoms with Crippen LogP contribution in [0.4, 0.5) is 11.4 Å². The Labute approximate surface area is 100 Å². The van der Waals surface area contributed by atoms with Crippen molar-refractivity contribution in [2.45, 2.75) is 6.04 Å². The molecule has 0 aromatic heterocycles. The number of benzene rings is 1. The molecule has 2 rings (SSSR count). The van der Waals surface area contributed by atoms with Crippen molar-refractivity contribution in [1.82, 2.24) is 5.32 Å². The highest BCUT2D eigenvalue weighted by molar-refractivity contribution is 6.03. The van der Waals surface area contributed by atoms with E-state index in [1.807, 2.05) is 30.1 Å². The minimum Gasteiger partial charge on any atom is -0.395 e. The van der Waals surface area contributed by atoms with Crippen molar-refractivity contribution < 1.29 is 9.90 Å². The predicted molar refractivity (Wildman–Crippen MR) is 67.2 cm³/mol. The molecule has 17 heavy (non-hydrogen) atoms. The number of nitrogens with zero attached hydrogens (tertiary/aromatic N) is 1. The number of fused-ring (bicyclic) bond motifs is 1. The zero-order valence-corrected chi connectivity index (χ0v) is 10.0. The summed E-state index contributed by atoms with van der Waals surface area (Å²) in [6.45, 7) is 0.682. The zero-order valence-electron chi connectivity index (χ0n) is 10.0. The lowest BCUT2D eigenvalue weighted by molar-refractivity contribution is -0.117. The molecule has 92 valence electrons. The number of hydrogen-bond acceptors (Lipinski definition) is 4. The number of carbonyl (C=O) groups is 1. The lowest BCUT2D eigenvalue weighted by atomic mass is 10.1. The fourth-order valence-corrected chi connectivity index (χ4v) is 2.05. The van der Waals surface area contributed by atoms with E-state index in [1.165, 1.54) is 0 Å². The summed E-state index contributed by atoms with van der Waals surface area (Å²) in [5.41, 5.74) is 2.80. The molecule has 0 spiro atoms. The van der Waals surface area contributed by atoms with Gasteiger partial charge in [0.15, 0.2) is 0 Å². The van der Waals surface area contributed by atoms with Crippen LogP contribution in [0.15, 0.2) is 18.2 Å². The molecule has 5 heteroatoms. The summed E-state index contributed by atoms with van der Waals surface area (Å²) >= 11 is 0. The monoisotopic (exact) mass is 235 g/mol. The van der Waals surface area contributed by atoms with Gasteiger partial charge < -0.3 is 20.6 Å². The first-order valence-electron chi connectivity index (χ1n) is 5.61. The van der Waals surface area contributed by atoms with Gasteiger partial charge in [-0.25, -0.2) is 0 Å². The summed E-state index contributed by atoms with van der Waals surface area (Å²) in [4.78, 5) is 13.6. The van der Waals surface area contributed by atoms with E-state index in [1.54, 1.807) is 7.05 Å². The zero-order chi connectivity index (χ0) is 12.4. The Morgan fingerprint density at radius 2 is 2.29 bits per heavy atom. The molecule has 1 aromatic carbocycles. The second-order valence-electron chi connectivity index (χ2n) is 4.13. The van der Waals surface area contributed by atoms with Crippen LogP contribution >= 0.6 is 0 Å². The van der Waals surface area contributed by atoms with Crippen LogP contribution in [0, 0.1) is 0 Å². The number of aliphatic hydroxyl groups is 1. The SMILES string of the molecule is CNC1C(=O)Nc2cc(N(C)CCO)ccc21. The van der Waals surface area contributed by atoms with Gasteiger partial charge in [0.05, 0.1) is 6.61 Å². The second-order valence-corrected chi connectivity index (χ2v) is 4.13. The third kappa shape index (κ3) is 2.11. The number of likely N-dealkylation sites (N-methyl/N-ethyl adjacent to an activating group) is 2. The summed E-state index contributed by atoms with van der Waals surface area (Å²) in [5, 5.41) is 14.7. The predicted octanol–water partition coefficient (Wildman–Crippen LogP) is 0.328. The van der Waals surface area contributed by atoms with Crippen LogP contribution in [-0.2, 0) is 4.79 Å². The molecule has 0 aliphatic carbocycles. The molecular formula is C12H17N3O2. The summed E-state index contributed by atoms with van der Waals surface area (Å²) in [6.07, 6.45) is 0. The highest BCUT2D eigenvalue weighted by Crippen LogP contribution is 2.33. The van der Waals surface area contributed by atoms with Gasteiger partial charge in [-0.2, -0.15) is 0 Å². The summed E-state index contributed by atoms with van der Waals surface area (Å²) in [7, 11) is 3.68. The maximum atomic E-state index is 11.6. The third-order valence-electron chi connectivity index (χ3n) is 3.03. The van der Waals surface area contributed by atoms with Crippen LogP contribution in [0.5, 0.6) is 0 Å². The summed E-state index contributed by atoms with van der Waals surface area (Å²) < 4.78 is 0. The maximum absolute atomic E-state index is 11.6. The van der Waals surface area contributed by atoms with Crippen molar-refractivity contribution in [2.24, 2.45) is 0 Å². The third-order valence-corrected chi connectivity index (χ3v) is 3.03. The first kappa shape index (κ1) is 11.9. The Kier molecular flexibility index (Phi) is 3.31. The van der Waals surface area contributed by atoms with Gasteiger partial charge in [0, 0.05) is 30.5 Å². The largest absolute Gasteiger partial charge is 0.395 e. The van der Waals surface area contributed by atoms with Crippen molar-refractivity contribution in [1.29, 1.82) is 0 Å². The molecule has 0 fully saturated rings. The van der Waals surface area contributed by atoms with E-state index in [2.05, 4.69) is 10.6 Å². The molecule has 1 aliphatic heterocycles. The average molecular weight is 235 g/mol. The first-order valence-corrected chi connectivity index (χ1v) is 5.61. The number of rotatable bonds is 4. The fraction of sp³-hybridized carbons (Fsp3) is 0.417. The number of anilines is 2. The normalized spacial score (nSPS) is 17.8. The van der Waals surface area contributed by atoms with E-state index in [0.29, 0.717) is 6.54 Å². The lowest BCUT2D eigenvalue weighted by Crippen LogP contribution is -2.23. The molecule has 0 saturated carbocycles. The van der Waals surface area contributed by atoms with Crippen LogP contribution in [0.2, 0.25) is 0 Å². The standard InChI is InChI=1S/C12H17N3O2/c1-13-11-9-4-3-8(15(2)5-6-16)7-10(9)14-12(11)17/h3-4,7,11,13,16H,5-6H2,1-2H3,(H,14,17). The van der Waals surface area contributed by atoms with Gasteiger partial charge in [-0.1, -0.05) is 6.07 Å². The molecule has 1 heterocycles. The Morgan fingerprint density at radius 1 is 1.53 bits per heavy atom. The van der Waals surface area contributed by atoms with Crippen LogP contribution < -0.4 is 15.5 Å². The van der Waals surface area contributed by atoms with Gasteiger partial charge >= 0.3 is 0 Å². The lowest BCUT2D eigenvalue weighted by Gasteiger charge is -2.18. The first-order chi connectivity index (χ1) is 8.17. The van der Waals surface area contributed by atoms with E-state index in [4.69, 9.17) is 5.11 Å². The van der Waals surface area contributed by atoms with Crippen molar-refractivity contribution in [3.05, 3.63) is 23.8 Å². The molecule has 1 atom stereocenters. The Morgan fingerprint density at radius 3 is 2.94 bits per heavy atom. The Hall–Kier alpha value is -1.59. The van der Waals surface area contributed by atoms with Gasteiger partial charge in [0.25, 0.3) is 0 Å². The van der Waals surface area contributed by atoms with Crippen LogP contribution in [0.3, 0.4) is 0 Å². The molecular weight excluding hydrogens is 218 g/mol. The minimum absolute atomic E-state index is 0.0236. The molecule has 1 aliphatic rings. The quantitative estimate of drug-likeness (QED) is 0.703. The molecule has 1 amide bonds. The average Bonchev–Trinajstić information content (AvgIpc) is 2.63. The van der Waals surface area contributed by atoms with E-state index in [0.717, 1.165) is 16.9 Å². The van der Waals surface area contributed by atoms with Crippen LogP contribution in [-0.4, -0.2) is 38.3 Å². The van der Waals surface area contributed by atoms with Crippen LogP contribution in [0.1, 0.15) is 11.6 Å². The Bertz CT molecular complexity index is 434. The van der Waals surface area contributed by atoms with Gasteiger partial charge in [0.1, 0.15) is 6.04 Å². The molecule has 0 saturated heterocycles.